The SMILES string of the molecule is O=C(CCCN1C(=O)c2ccccc2S1(=O)=O)Nc1cccc([N+](=O)[O-])c1. The van der Waals surface area contributed by atoms with Crippen LogP contribution in [0.1, 0.15) is 23.2 Å². The molecule has 0 bridgehead atoms. The number of nitrogens with one attached hydrogen (secondary N) is 1. The van der Waals surface area contributed by atoms with E-state index in [2.05, 4.69) is 5.32 Å². The summed E-state index contributed by atoms with van der Waals surface area (Å²) in [6.07, 6.45) is 0.0814. The Balaban J connectivity index is 1.59. The number of non-ortho nitro benzene ring substituents is 1. The van der Waals surface area contributed by atoms with Crippen LogP contribution in [0.5, 0.6) is 0 Å². The topological polar surface area (TPSA) is 127 Å². The molecule has 3 rings (SSSR count). The highest BCUT2D eigenvalue weighted by molar-refractivity contribution is 7.90. The molecule has 27 heavy (non-hydrogen) atoms. The molecule has 0 spiro atoms. The Bertz CT molecular complexity index is 1030. The van der Waals surface area contributed by atoms with E-state index in [0.717, 1.165) is 4.31 Å². The third kappa shape index (κ3) is 3.65. The van der Waals surface area contributed by atoms with Gasteiger partial charge in [-0.25, -0.2) is 12.7 Å². The van der Waals surface area contributed by atoms with Gasteiger partial charge >= 0.3 is 0 Å². The van der Waals surface area contributed by atoms with Crippen molar-refractivity contribution in [2.45, 2.75) is 17.7 Å². The maximum Gasteiger partial charge on any atom is 0.271 e. The van der Waals surface area contributed by atoms with Gasteiger partial charge in [-0.1, -0.05) is 18.2 Å². The van der Waals surface area contributed by atoms with Crippen molar-refractivity contribution in [3.05, 3.63) is 64.2 Å². The quantitative estimate of drug-likeness (QED) is 0.596. The summed E-state index contributed by atoms with van der Waals surface area (Å²) in [6, 6.07) is 11.4. The first kappa shape index (κ1) is 18.5. The number of sulfonamides is 1. The molecular formula is C17H15N3O6S. The third-order valence-electron chi connectivity index (χ3n) is 4.02. The number of carbonyl (C=O) groups excluding carboxylic acids is 2. The molecule has 10 heteroatoms. The second kappa shape index (κ2) is 7.16. The van der Waals surface area contributed by atoms with Crippen molar-refractivity contribution < 1.29 is 22.9 Å². The number of amides is 2. The van der Waals surface area contributed by atoms with Gasteiger partial charge in [0.1, 0.15) is 4.90 Å². The lowest BCUT2D eigenvalue weighted by molar-refractivity contribution is -0.384. The molecule has 1 aliphatic heterocycles. The van der Waals surface area contributed by atoms with Crippen molar-refractivity contribution in [3.8, 4) is 0 Å². The summed E-state index contributed by atoms with van der Waals surface area (Å²) in [6.45, 7) is -0.127. The fourth-order valence-corrected chi connectivity index (χ4v) is 4.36. The third-order valence-corrected chi connectivity index (χ3v) is 5.86. The average Bonchev–Trinajstić information content (AvgIpc) is 2.83. The van der Waals surface area contributed by atoms with Crippen molar-refractivity contribution in [2.75, 3.05) is 11.9 Å². The zero-order chi connectivity index (χ0) is 19.6. The fourth-order valence-electron chi connectivity index (χ4n) is 2.76. The first-order valence-electron chi connectivity index (χ1n) is 8.01. The van der Waals surface area contributed by atoms with Crippen LogP contribution in [0.4, 0.5) is 11.4 Å². The standard InChI is InChI=1S/C17H15N3O6S/c21-16(18-12-5-3-6-13(11-12)20(23)24)9-4-10-19-17(22)14-7-1-2-8-15(14)27(19,25)26/h1-3,5-8,11H,4,9-10H2,(H,18,21). The number of hydrogen-bond donors (Lipinski definition) is 1. The van der Waals surface area contributed by atoms with Crippen LogP contribution >= 0.6 is 0 Å². The minimum absolute atomic E-state index is 0.0314. The summed E-state index contributed by atoms with van der Waals surface area (Å²) in [5.74, 6) is -1.04. The molecule has 0 radical (unpaired) electrons. The number of nitro benzene ring substituents is 1. The van der Waals surface area contributed by atoms with Gasteiger partial charge in [0, 0.05) is 30.8 Å². The van der Waals surface area contributed by atoms with Gasteiger partial charge < -0.3 is 5.32 Å². The number of fused-ring (bicyclic) bond motifs is 1. The minimum atomic E-state index is -3.89. The first-order valence-corrected chi connectivity index (χ1v) is 9.45. The number of carbonyl (C=O) groups is 2. The summed E-state index contributed by atoms with van der Waals surface area (Å²) in [4.78, 5) is 34.4. The predicted molar refractivity (Wildman–Crippen MR) is 95.6 cm³/mol. The molecule has 0 fully saturated rings. The Morgan fingerprint density at radius 1 is 1.15 bits per heavy atom. The number of anilines is 1. The number of benzene rings is 2. The molecule has 0 unspecified atom stereocenters. The van der Waals surface area contributed by atoms with Gasteiger partial charge in [0.25, 0.3) is 21.6 Å². The Morgan fingerprint density at radius 3 is 2.59 bits per heavy atom. The fraction of sp³-hybridized carbons (Fsp3) is 0.176. The summed E-state index contributed by atoms with van der Waals surface area (Å²) in [7, 11) is -3.89. The van der Waals surface area contributed by atoms with Gasteiger partial charge in [-0.2, -0.15) is 0 Å². The average molecular weight is 389 g/mol. The minimum Gasteiger partial charge on any atom is -0.326 e. The van der Waals surface area contributed by atoms with Crippen molar-refractivity contribution in [2.24, 2.45) is 0 Å². The van der Waals surface area contributed by atoms with Crippen molar-refractivity contribution in [1.82, 2.24) is 4.31 Å². The maximum atomic E-state index is 12.4. The van der Waals surface area contributed by atoms with Crippen LogP contribution in [-0.2, 0) is 14.8 Å². The van der Waals surface area contributed by atoms with E-state index in [0.29, 0.717) is 0 Å². The summed E-state index contributed by atoms with van der Waals surface area (Å²) in [5, 5.41) is 13.3. The lowest BCUT2D eigenvalue weighted by Gasteiger charge is -2.14. The van der Waals surface area contributed by atoms with Gasteiger partial charge in [-0.3, -0.25) is 19.7 Å². The van der Waals surface area contributed by atoms with E-state index in [-0.39, 0.29) is 41.2 Å². The van der Waals surface area contributed by atoms with Crippen LogP contribution in [0, 0.1) is 10.1 Å². The molecule has 2 amide bonds. The van der Waals surface area contributed by atoms with Gasteiger partial charge in [-0.05, 0) is 24.6 Å². The highest BCUT2D eigenvalue weighted by Crippen LogP contribution is 2.30. The van der Waals surface area contributed by atoms with Crippen LogP contribution in [-0.4, -0.2) is 36.0 Å². The molecule has 1 aliphatic rings. The normalized spacial score (nSPS) is 14.7. The molecule has 0 aliphatic carbocycles. The monoisotopic (exact) mass is 389 g/mol. The van der Waals surface area contributed by atoms with Crippen molar-refractivity contribution in [3.63, 3.8) is 0 Å². The Morgan fingerprint density at radius 2 is 1.89 bits per heavy atom. The highest BCUT2D eigenvalue weighted by Gasteiger charge is 2.40. The molecule has 0 atom stereocenters. The summed E-state index contributed by atoms with van der Waals surface area (Å²) >= 11 is 0. The number of rotatable bonds is 6. The van der Waals surface area contributed by atoms with Crippen LogP contribution in [0.15, 0.2) is 53.4 Å². The summed E-state index contributed by atoms with van der Waals surface area (Å²) in [5.41, 5.74) is 0.240. The Kier molecular flexibility index (Phi) is 4.91. The van der Waals surface area contributed by atoms with Gasteiger partial charge in [0.05, 0.1) is 10.5 Å². The zero-order valence-corrected chi connectivity index (χ0v) is 14.8. The van der Waals surface area contributed by atoms with E-state index >= 15 is 0 Å². The van der Waals surface area contributed by atoms with Crippen molar-refractivity contribution >= 4 is 33.2 Å². The molecule has 0 saturated carbocycles. The molecule has 0 aromatic heterocycles. The van der Waals surface area contributed by atoms with Crippen LogP contribution in [0.3, 0.4) is 0 Å². The zero-order valence-electron chi connectivity index (χ0n) is 14.0. The van der Waals surface area contributed by atoms with Crippen LogP contribution in [0.2, 0.25) is 0 Å². The van der Waals surface area contributed by atoms with Crippen LogP contribution in [0.25, 0.3) is 0 Å². The molecule has 140 valence electrons. The predicted octanol–water partition coefficient (Wildman–Crippen LogP) is 2.16. The first-order chi connectivity index (χ1) is 12.8. The molecule has 2 aromatic carbocycles. The van der Waals surface area contributed by atoms with E-state index < -0.39 is 26.8 Å². The van der Waals surface area contributed by atoms with E-state index in [9.17, 15) is 28.1 Å². The Hall–Kier alpha value is -3.27. The van der Waals surface area contributed by atoms with E-state index in [1.54, 1.807) is 12.1 Å². The molecule has 1 heterocycles. The highest BCUT2D eigenvalue weighted by atomic mass is 32.2. The second-order valence-corrected chi connectivity index (χ2v) is 7.67. The van der Waals surface area contributed by atoms with E-state index in [1.165, 1.54) is 36.4 Å². The molecule has 1 N–H and O–H groups in total. The van der Waals surface area contributed by atoms with Crippen molar-refractivity contribution in [1.29, 1.82) is 0 Å². The molecule has 2 aromatic rings. The van der Waals surface area contributed by atoms with E-state index in [1.807, 2.05) is 0 Å². The smallest absolute Gasteiger partial charge is 0.271 e. The van der Waals surface area contributed by atoms with E-state index in [4.69, 9.17) is 0 Å². The lowest BCUT2D eigenvalue weighted by atomic mass is 10.2. The molecular weight excluding hydrogens is 374 g/mol. The van der Waals surface area contributed by atoms with Gasteiger partial charge in [0.15, 0.2) is 0 Å². The molecule has 9 nitrogen and oxygen atoms in total. The second-order valence-electron chi connectivity index (χ2n) is 5.84. The largest absolute Gasteiger partial charge is 0.326 e. The lowest BCUT2D eigenvalue weighted by Crippen LogP contribution is -2.31. The number of nitro groups is 1. The summed E-state index contributed by atoms with van der Waals surface area (Å²) < 4.78 is 25.6. The Labute approximate surface area is 154 Å². The van der Waals surface area contributed by atoms with Gasteiger partial charge in [-0.15, -0.1) is 0 Å². The van der Waals surface area contributed by atoms with Crippen LogP contribution < -0.4 is 5.32 Å². The number of nitrogens with zero attached hydrogens (tertiary/aromatic N) is 2. The van der Waals surface area contributed by atoms with Gasteiger partial charge in [0.2, 0.25) is 5.91 Å². The number of hydrogen-bond acceptors (Lipinski definition) is 6. The maximum absolute atomic E-state index is 12.4. The molecule has 0 saturated heterocycles.